The number of nitriles is 1. The number of aromatic nitrogens is 1. The normalized spacial score (nSPS) is 13.0. The molecule has 0 radical (unpaired) electrons. The van der Waals surface area contributed by atoms with Gasteiger partial charge in [-0.25, -0.2) is 9.59 Å². The zero-order valence-electron chi connectivity index (χ0n) is 16.3. The largest absolute Gasteiger partial charge is 0.464 e. The van der Waals surface area contributed by atoms with Gasteiger partial charge < -0.3 is 19.8 Å². The zero-order chi connectivity index (χ0) is 20.6. The van der Waals surface area contributed by atoms with Crippen molar-refractivity contribution < 1.29 is 19.1 Å². The van der Waals surface area contributed by atoms with Gasteiger partial charge in [-0.2, -0.15) is 5.26 Å². The van der Waals surface area contributed by atoms with Gasteiger partial charge in [0.1, 0.15) is 11.7 Å². The molecule has 0 bridgehead atoms. The summed E-state index contributed by atoms with van der Waals surface area (Å²) in [4.78, 5) is 26.1. The quantitative estimate of drug-likeness (QED) is 0.800. The van der Waals surface area contributed by atoms with Crippen molar-refractivity contribution >= 4 is 17.7 Å². The van der Waals surface area contributed by atoms with Crippen molar-refractivity contribution in [3.8, 4) is 11.8 Å². The minimum Gasteiger partial charge on any atom is -0.464 e. The van der Waals surface area contributed by atoms with Gasteiger partial charge >= 0.3 is 12.1 Å². The van der Waals surface area contributed by atoms with Crippen molar-refractivity contribution in [2.75, 3.05) is 12.8 Å². The van der Waals surface area contributed by atoms with Gasteiger partial charge in [-0.1, -0.05) is 6.07 Å². The minimum absolute atomic E-state index is 0.0743. The Morgan fingerprint density at radius 2 is 1.89 bits per heavy atom. The fourth-order valence-electron chi connectivity index (χ4n) is 3.10. The highest BCUT2D eigenvalue weighted by molar-refractivity contribution is 5.96. The summed E-state index contributed by atoms with van der Waals surface area (Å²) in [7, 11) is 1.26. The van der Waals surface area contributed by atoms with Crippen molar-refractivity contribution in [1.82, 2.24) is 9.47 Å². The van der Waals surface area contributed by atoms with Crippen LogP contribution < -0.4 is 5.73 Å². The van der Waals surface area contributed by atoms with Gasteiger partial charge in [0.15, 0.2) is 5.69 Å². The molecule has 2 heterocycles. The summed E-state index contributed by atoms with van der Waals surface area (Å²) in [6.45, 7) is 6.32. The number of nitrogen functional groups attached to an aromatic ring is 1. The molecule has 1 aliphatic heterocycles. The van der Waals surface area contributed by atoms with Crippen LogP contribution in [0.3, 0.4) is 0 Å². The van der Waals surface area contributed by atoms with Crippen LogP contribution in [0.5, 0.6) is 0 Å². The Bertz CT molecular complexity index is 995. The highest BCUT2D eigenvalue weighted by atomic mass is 16.6. The molecule has 0 spiro atoms. The number of carbonyl (C=O) groups is 2. The molecule has 3 rings (SSSR count). The number of rotatable bonds is 2. The molecular weight excluding hydrogens is 360 g/mol. The van der Waals surface area contributed by atoms with Crippen LogP contribution in [0.15, 0.2) is 24.4 Å². The molecule has 1 aliphatic rings. The van der Waals surface area contributed by atoms with Crippen molar-refractivity contribution in [3.63, 3.8) is 0 Å². The van der Waals surface area contributed by atoms with E-state index in [0.29, 0.717) is 18.8 Å². The maximum atomic E-state index is 12.3. The van der Waals surface area contributed by atoms with Crippen LogP contribution in [0.25, 0.3) is 5.69 Å². The predicted molar refractivity (Wildman–Crippen MR) is 102 cm³/mol. The Hall–Kier alpha value is -3.47. The summed E-state index contributed by atoms with van der Waals surface area (Å²) in [6.07, 6.45) is 1.13. The number of amides is 1. The van der Waals surface area contributed by atoms with Crippen molar-refractivity contribution in [2.45, 2.75) is 39.5 Å². The molecule has 0 atom stereocenters. The number of carbonyl (C=O) groups excluding carboxylic acids is 2. The Labute approximate surface area is 163 Å². The van der Waals surface area contributed by atoms with Crippen LogP contribution in [0, 0.1) is 11.3 Å². The molecule has 8 heteroatoms. The predicted octanol–water partition coefficient (Wildman–Crippen LogP) is 2.97. The summed E-state index contributed by atoms with van der Waals surface area (Å²) < 4.78 is 11.8. The molecule has 0 fully saturated rings. The van der Waals surface area contributed by atoms with Crippen LogP contribution >= 0.6 is 0 Å². The van der Waals surface area contributed by atoms with E-state index in [4.69, 9.17) is 15.2 Å². The number of fused-ring (bicyclic) bond motifs is 1. The average Bonchev–Trinajstić information content (AvgIpc) is 3.19. The maximum absolute atomic E-state index is 12.3. The van der Waals surface area contributed by atoms with Gasteiger partial charge in [0.2, 0.25) is 0 Å². The monoisotopic (exact) mass is 382 g/mol. The van der Waals surface area contributed by atoms with E-state index < -0.39 is 11.6 Å². The minimum atomic E-state index is -0.630. The standard InChI is InChI=1S/C20H22N4O4/c1-20(2,3)28-19(26)23-9-12-5-6-15(7-13(12)10-23)24-11-14(8-21)16(22)17(24)18(25)27-4/h5-7,11H,9-10,22H2,1-4H3. The fraction of sp³-hybridized carbons (Fsp3) is 0.350. The summed E-state index contributed by atoms with van der Waals surface area (Å²) in [5.74, 6) is -0.630. The number of esters is 1. The van der Waals surface area contributed by atoms with E-state index in [-0.39, 0.29) is 23.0 Å². The van der Waals surface area contributed by atoms with E-state index in [9.17, 15) is 14.9 Å². The van der Waals surface area contributed by atoms with Gasteiger partial charge in [-0.15, -0.1) is 0 Å². The van der Waals surface area contributed by atoms with E-state index in [0.717, 1.165) is 11.1 Å². The van der Waals surface area contributed by atoms with E-state index in [1.807, 2.05) is 45.0 Å². The smallest absolute Gasteiger partial charge is 0.410 e. The first-order valence-corrected chi connectivity index (χ1v) is 8.74. The van der Waals surface area contributed by atoms with Gasteiger partial charge in [0.25, 0.3) is 0 Å². The topological polar surface area (TPSA) is 111 Å². The molecule has 8 nitrogen and oxygen atoms in total. The van der Waals surface area contributed by atoms with Crippen molar-refractivity contribution in [2.24, 2.45) is 0 Å². The Kier molecular flexibility index (Phi) is 4.77. The molecule has 0 unspecified atom stereocenters. The lowest BCUT2D eigenvalue weighted by Gasteiger charge is -2.24. The van der Waals surface area contributed by atoms with Crippen molar-refractivity contribution in [1.29, 1.82) is 5.26 Å². The SMILES string of the molecule is COC(=O)c1c(N)c(C#N)cn1-c1ccc2c(c1)CN(C(=O)OC(C)(C)C)C2. The second-order valence-electron chi connectivity index (χ2n) is 7.57. The summed E-state index contributed by atoms with van der Waals surface area (Å²) in [5, 5.41) is 9.25. The van der Waals surface area contributed by atoms with Gasteiger partial charge in [-0.05, 0) is 44.0 Å². The number of hydrogen-bond acceptors (Lipinski definition) is 6. The number of hydrogen-bond donors (Lipinski definition) is 1. The number of anilines is 1. The van der Waals surface area contributed by atoms with Gasteiger partial charge in [0.05, 0.1) is 18.4 Å². The second kappa shape index (κ2) is 6.93. The van der Waals surface area contributed by atoms with Crippen molar-refractivity contribution in [3.05, 3.63) is 46.8 Å². The Morgan fingerprint density at radius 3 is 2.50 bits per heavy atom. The van der Waals surface area contributed by atoms with Crippen LogP contribution in [-0.2, 0) is 22.6 Å². The van der Waals surface area contributed by atoms with E-state index >= 15 is 0 Å². The van der Waals surface area contributed by atoms with Crippen LogP contribution in [0.4, 0.5) is 10.5 Å². The third-order valence-corrected chi connectivity index (χ3v) is 4.39. The van der Waals surface area contributed by atoms with Gasteiger partial charge in [0, 0.05) is 25.0 Å². The molecule has 28 heavy (non-hydrogen) atoms. The Balaban J connectivity index is 1.94. The molecule has 2 aromatic rings. The average molecular weight is 382 g/mol. The summed E-state index contributed by atoms with van der Waals surface area (Å²) in [5.41, 5.74) is 8.33. The molecule has 0 aliphatic carbocycles. The Morgan fingerprint density at radius 1 is 1.21 bits per heavy atom. The molecule has 0 saturated heterocycles. The first kappa shape index (κ1) is 19.3. The highest BCUT2D eigenvalue weighted by Crippen LogP contribution is 2.30. The number of nitrogens with two attached hydrogens (primary N) is 1. The van der Waals surface area contributed by atoms with E-state index in [1.54, 1.807) is 4.90 Å². The van der Waals surface area contributed by atoms with Crippen LogP contribution in [0.2, 0.25) is 0 Å². The van der Waals surface area contributed by atoms with Gasteiger partial charge in [-0.3, -0.25) is 4.90 Å². The molecule has 1 aromatic heterocycles. The number of ether oxygens (including phenoxy) is 2. The lowest BCUT2D eigenvalue weighted by molar-refractivity contribution is 0.0241. The lowest BCUT2D eigenvalue weighted by atomic mass is 10.1. The number of methoxy groups -OCH3 is 1. The molecule has 146 valence electrons. The van der Waals surface area contributed by atoms with Crippen LogP contribution in [0.1, 0.15) is 48.0 Å². The molecule has 2 N–H and O–H groups in total. The maximum Gasteiger partial charge on any atom is 0.410 e. The molecule has 1 amide bonds. The number of benzene rings is 1. The summed E-state index contributed by atoms with van der Waals surface area (Å²) in [6, 6.07) is 7.54. The highest BCUT2D eigenvalue weighted by Gasteiger charge is 2.29. The third-order valence-electron chi connectivity index (χ3n) is 4.39. The fourth-order valence-corrected chi connectivity index (χ4v) is 3.10. The molecule has 1 aromatic carbocycles. The first-order chi connectivity index (χ1) is 13.1. The van der Waals surface area contributed by atoms with E-state index in [2.05, 4.69) is 0 Å². The molecule has 0 saturated carbocycles. The summed E-state index contributed by atoms with van der Waals surface area (Å²) >= 11 is 0. The second-order valence-corrected chi connectivity index (χ2v) is 7.57. The van der Waals surface area contributed by atoms with E-state index in [1.165, 1.54) is 17.9 Å². The third kappa shape index (κ3) is 3.51. The van der Waals surface area contributed by atoms with Crippen LogP contribution in [-0.4, -0.2) is 34.2 Å². The zero-order valence-corrected chi connectivity index (χ0v) is 16.3. The lowest BCUT2D eigenvalue weighted by Crippen LogP contribution is -2.33. The number of nitrogens with zero attached hydrogens (tertiary/aromatic N) is 3. The molecular formula is C20H22N4O4. The first-order valence-electron chi connectivity index (χ1n) is 8.74.